The van der Waals surface area contributed by atoms with E-state index in [1.807, 2.05) is 28.9 Å². The molecule has 1 saturated heterocycles. The molecule has 9 nitrogen and oxygen atoms in total. The van der Waals surface area contributed by atoms with Gasteiger partial charge in [0.05, 0.1) is 27.0 Å². The minimum absolute atomic E-state index is 0.165. The average Bonchev–Trinajstić information content (AvgIpc) is 3.36. The largest absolute Gasteiger partial charge is 0.495 e. The lowest BCUT2D eigenvalue weighted by Gasteiger charge is -2.40. The topological polar surface area (TPSA) is 77.8 Å². The van der Waals surface area contributed by atoms with Crippen molar-refractivity contribution in [1.82, 2.24) is 25.1 Å². The number of nitrogens with zero attached hydrogens (tertiary/aromatic N) is 6. The molecule has 0 spiro atoms. The number of anilines is 1. The molecule has 0 radical (unpaired) electrons. The van der Waals surface area contributed by atoms with Gasteiger partial charge >= 0.3 is 0 Å². The Hall–Kier alpha value is -3.33. The number of piperazine rings is 1. The fourth-order valence-corrected chi connectivity index (χ4v) is 4.69. The zero-order chi connectivity index (χ0) is 24.8. The van der Waals surface area contributed by atoms with Gasteiger partial charge in [0.15, 0.2) is 17.3 Å². The lowest BCUT2D eigenvalue weighted by atomic mass is 10.0. The van der Waals surface area contributed by atoms with Gasteiger partial charge in [-0.25, -0.2) is 4.68 Å². The SMILES string of the molecule is COc1ccccc1N1CCN([C@H](c2cccc(OC)c2OC)c2nnnn2CCC(C)C)CC1. The molecule has 1 aliphatic rings. The highest BCUT2D eigenvalue weighted by molar-refractivity contribution is 5.58. The number of benzene rings is 2. The second kappa shape index (κ2) is 11.4. The number of hydrogen-bond acceptors (Lipinski definition) is 8. The van der Waals surface area contributed by atoms with Crippen LogP contribution in [0.3, 0.4) is 0 Å². The summed E-state index contributed by atoms with van der Waals surface area (Å²) in [5.74, 6) is 3.68. The molecule has 0 N–H and O–H groups in total. The molecule has 1 atom stereocenters. The Bertz CT molecular complexity index is 1090. The predicted octanol–water partition coefficient (Wildman–Crippen LogP) is 3.66. The number of aryl methyl sites for hydroxylation is 1. The third-order valence-electron chi connectivity index (χ3n) is 6.56. The van der Waals surface area contributed by atoms with Gasteiger partial charge < -0.3 is 19.1 Å². The van der Waals surface area contributed by atoms with Gasteiger partial charge in [-0.05, 0) is 41.0 Å². The second-order valence-electron chi connectivity index (χ2n) is 9.12. The Labute approximate surface area is 207 Å². The molecule has 2 heterocycles. The van der Waals surface area contributed by atoms with Crippen LogP contribution in [0.4, 0.5) is 5.69 Å². The molecule has 2 aromatic carbocycles. The van der Waals surface area contributed by atoms with E-state index >= 15 is 0 Å². The lowest BCUT2D eigenvalue weighted by molar-refractivity contribution is 0.195. The number of methoxy groups -OCH3 is 3. The molecular formula is C26H36N6O3. The summed E-state index contributed by atoms with van der Waals surface area (Å²) in [5.41, 5.74) is 2.12. The molecule has 0 amide bonds. The van der Waals surface area contributed by atoms with Crippen LogP contribution >= 0.6 is 0 Å². The van der Waals surface area contributed by atoms with E-state index in [4.69, 9.17) is 14.2 Å². The maximum absolute atomic E-state index is 5.84. The first-order chi connectivity index (χ1) is 17.1. The third kappa shape index (κ3) is 5.35. The number of aromatic nitrogens is 4. The van der Waals surface area contributed by atoms with E-state index in [0.717, 1.165) is 62.0 Å². The smallest absolute Gasteiger partial charge is 0.173 e. The van der Waals surface area contributed by atoms with Gasteiger partial charge in [0, 0.05) is 38.3 Å². The summed E-state index contributed by atoms with van der Waals surface area (Å²) in [7, 11) is 5.06. The first-order valence-electron chi connectivity index (χ1n) is 12.2. The molecule has 0 unspecified atom stereocenters. The third-order valence-corrected chi connectivity index (χ3v) is 6.56. The summed E-state index contributed by atoms with van der Waals surface area (Å²) in [6.07, 6.45) is 1.00. The minimum Gasteiger partial charge on any atom is -0.495 e. The maximum Gasteiger partial charge on any atom is 0.173 e. The molecular weight excluding hydrogens is 444 g/mol. The Balaban J connectivity index is 1.67. The molecule has 4 rings (SSSR count). The Morgan fingerprint density at radius 1 is 0.857 bits per heavy atom. The quantitative estimate of drug-likeness (QED) is 0.435. The number of tetrazole rings is 1. The van der Waals surface area contributed by atoms with Gasteiger partial charge in [0.1, 0.15) is 11.8 Å². The Kier molecular flexibility index (Phi) is 8.07. The standard InChI is InChI=1S/C26H36N6O3/c1-19(2)13-14-32-26(27-28-29-32)24(20-9-8-12-23(34-4)25(20)35-5)31-17-15-30(16-18-31)21-10-6-7-11-22(21)33-3/h6-12,19,24H,13-18H2,1-5H3/t24-/m1/s1. The Morgan fingerprint density at radius 2 is 1.57 bits per heavy atom. The molecule has 3 aromatic rings. The van der Waals surface area contributed by atoms with Gasteiger partial charge in [0.25, 0.3) is 0 Å². The van der Waals surface area contributed by atoms with Crippen LogP contribution in [0.25, 0.3) is 0 Å². The molecule has 9 heteroatoms. The zero-order valence-corrected chi connectivity index (χ0v) is 21.3. The maximum atomic E-state index is 5.84. The lowest BCUT2D eigenvalue weighted by Crippen LogP contribution is -2.48. The monoisotopic (exact) mass is 480 g/mol. The number of hydrogen-bond donors (Lipinski definition) is 0. The van der Waals surface area contributed by atoms with Crippen molar-refractivity contribution in [3.63, 3.8) is 0 Å². The fraction of sp³-hybridized carbons (Fsp3) is 0.500. The first kappa shape index (κ1) is 24.8. The number of rotatable bonds is 10. The van der Waals surface area contributed by atoms with Gasteiger partial charge in [-0.3, -0.25) is 4.90 Å². The Morgan fingerprint density at radius 3 is 2.26 bits per heavy atom. The molecule has 0 saturated carbocycles. The van der Waals surface area contributed by atoms with Crippen LogP contribution < -0.4 is 19.1 Å². The van der Waals surface area contributed by atoms with Crippen LogP contribution in [-0.4, -0.2) is 72.6 Å². The fourth-order valence-electron chi connectivity index (χ4n) is 4.69. The summed E-state index contributed by atoms with van der Waals surface area (Å²) in [4.78, 5) is 4.80. The molecule has 1 aromatic heterocycles. The summed E-state index contributed by atoms with van der Waals surface area (Å²) < 4.78 is 19.0. The van der Waals surface area contributed by atoms with E-state index in [1.54, 1.807) is 21.3 Å². The molecule has 188 valence electrons. The predicted molar refractivity (Wildman–Crippen MR) is 135 cm³/mol. The normalized spacial score (nSPS) is 15.3. The van der Waals surface area contributed by atoms with E-state index < -0.39 is 0 Å². The summed E-state index contributed by atoms with van der Waals surface area (Å²) in [6.45, 7) is 8.57. The van der Waals surface area contributed by atoms with Crippen molar-refractivity contribution in [2.24, 2.45) is 5.92 Å². The van der Waals surface area contributed by atoms with Crippen molar-refractivity contribution >= 4 is 5.69 Å². The van der Waals surface area contributed by atoms with E-state index in [2.05, 4.69) is 57.4 Å². The molecule has 1 fully saturated rings. The molecule has 0 aliphatic carbocycles. The van der Waals surface area contributed by atoms with Gasteiger partial charge in [-0.2, -0.15) is 0 Å². The molecule has 0 bridgehead atoms. The van der Waals surface area contributed by atoms with Crippen molar-refractivity contribution in [1.29, 1.82) is 0 Å². The first-order valence-corrected chi connectivity index (χ1v) is 12.2. The van der Waals surface area contributed by atoms with Crippen molar-refractivity contribution in [2.45, 2.75) is 32.9 Å². The van der Waals surface area contributed by atoms with E-state index in [1.165, 1.54) is 0 Å². The van der Waals surface area contributed by atoms with Crippen LogP contribution in [0.5, 0.6) is 17.2 Å². The van der Waals surface area contributed by atoms with E-state index in [0.29, 0.717) is 17.4 Å². The highest BCUT2D eigenvalue weighted by Crippen LogP contribution is 2.40. The van der Waals surface area contributed by atoms with Crippen LogP contribution in [0.15, 0.2) is 42.5 Å². The van der Waals surface area contributed by atoms with Crippen LogP contribution in [0, 0.1) is 5.92 Å². The second-order valence-corrected chi connectivity index (χ2v) is 9.12. The minimum atomic E-state index is -0.165. The molecule has 35 heavy (non-hydrogen) atoms. The highest BCUT2D eigenvalue weighted by atomic mass is 16.5. The summed E-state index contributed by atoms with van der Waals surface area (Å²) >= 11 is 0. The number of para-hydroxylation sites is 3. The highest BCUT2D eigenvalue weighted by Gasteiger charge is 2.34. The van der Waals surface area contributed by atoms with Gasteiger partial charge in [-0.1, -0.05) is 38.1 Å². The average molecular weight is 481 g/mol. The van der Waals surface area contributed by atoms with Crippen molar-refractivity contribution in [3.8, 4) is 17.2 Å². The van der Waals surface area contributed by atoms with E-state index in [-0.39, 0.29) is 6.04 Å². The summed E-state index contributed by atoms with van der Waals surface area (Å²) in [6, 6.07) is 14.0. The zero-order valence-electron chi connectivity index (χ0n) is 21.3. The number of ether oxygens (including phenoxy) is 3. The van der Waals surface area contributed by atoms with Crippen LogP contribution in [-0.2, 0) is 6.54 Å². The van der Waals surface area contributed by atoms with Crippen molar-refractivity contribution < 1.29 is 14.2 Å². The van der Waals surface area contributed by atoms with Crippen molar-refractivity contribution in [2.75, 3.05) is 52.4 Å². The van der Waals surface area contributed by atoms with Gasteiger partial charge in [-0.15, -0.1) is 5.10 Å². The van der Waals surface area contributed by atoms with E-state index in [9.17, 15) is 0 Å². The summed E-state index contributed by atoms with van der Waals surface area (Å²) in [5, 5.41) is 12.9. The van der Waals surface area contributed by atoms with Crippen molar-refractivity contribution in [3.05, 3.63) is 53.9 Å². The van der Waals surface area contributed by atoms with Crippen LogP contribution in [0.2, 0.25) is 0 Å². The van der Waals surface area contributed by atoms with Gasteiger partial charge in [0.2, 0.25) is 0 Å². The molecule has 1 aliphatic heterocycles. The van der Waals surface area contributed by atoms with Crippen LogP contribution in [0.1, 0.15) is 37.7 Å².